The van der Waals surface area contributed by atoms with Gasteiger partial charge in [0.25, 0.3) is 0 Å². The first-order valence-electron chi connectivity index (χ1n) is 13.9. The van der Waals surface area contributed by atoms with Crippen LogP contribution in [0.15, 0.2) is 72.9 Å². The van der Waals surface area contributed by atoms with Gasteiger partial charge in [0.05, 0.1) is 16.7 Å². The lowest BCUT2D eigenvalue weighted by atomic mass is 10.1. The van der Waals surface area contributed by atoms with E-state index in [0.29, 0.717) is 13.1 Å². The summed E-state index contributed by atoms with van der Waals surface area (Å²) in [6.45, 7) is 12.8. The molecule has 0 saturated carbocycles. The summed E-state index contributed by atoms with van der Waals surface area (Å²) in [5.41, 5.74) is 8.14. The third-order valence-corrected chi connectivity index (χ3v) is 7.59. The Balaban J connectivity index is 1.32. The van der Waals surface area contributed by atoms with Crippen LogP contribution in [0.3, 0.4) is 0 Å². The number of fused-ring (bicyclic) bond motifs is 3. The van der Waals surface area contributed by atoms with Gasteiger partial charge >= 0.3 is 6.09 Å². The first-order chi connectivity index (χ1) is 19.2. The maximum Gasteiger partial charge on any atom is 0.410 e. The van der Waals surface area contributed by atoms with E-state index in [0.717, 1.165) is 57.5 Å². The smallest absolute Gasteiger partial charge is 0.410 e. The number of pyridine rings is 1. The van der Waals surface area contributed by atoms with Gasteiger partial charge < -0.3 is 14.5 Å². The minimum atomic E-state index is -0.485. The number of carbonyl (C=O) groups excluding carboxylic acids is 1. The Bertz CT molecular complexity index is 1710. The lowest BCUT2D eigenvalue weighted by Crippen LogP contribution is -2.50. The van der Waals surface area contributed by atoms with Gasteiger partial charge in [-0.1, -0.05) is 36.4 Å². The number of carbonyl (C=O) groups is 1. The van der Waals surface area contributed by atoms with Crippen LogP contribution in [-0.4, -0.2) is 57.5 Å². The third-order valence-electron chi connectivity index (χ3n) is 7.59. The number of hydrogen-bond acceptors (Lipinski definition) is 5. The van der Waals surface area contributed by atoms with Crippen molar-refractivity contribution in [1.82, 2.24) is 19.7 Å². The van der Waals surface area contributed by atoms with Gasteiger partial charge in [-0.05, 0) is 76.1 Å². The van der Waals surface area contributed by atoms with E-state index in [1.54, 1.807) is 4.90 Å². The van der Waals surface area contributed by atoms with E-state index in [-0.39, 0.29) is 6.09 Å². The van der Waals surface area contributed by atoms with E-state index in [9.17, 15) is 4.79 Å². The zero-order valence-corrected chi connectivity index (χ0v) is 23.8. The van der Waals surface area contributed by atoms with Crippen molar-refractivity contribution in [1.29, 1.82) is 0 Å². The zero-order chi connectivity index (χ0) is 28.0. The summed E-state index contributed by atoms with van der Waals surface area (Å²) in [5.74, 6) is 0. The Hall–Kier alpha value is -4.39. The second-order valence-corrected chi connectivity index (χ2v) is 11.6. The standard InChI is InChI=1S/C33H35N5O2/c1-22-10-13-26(20-23(22)2)38-31-27-8-6-7-9-29(27)34-21-28(31)30(35-38)24-11-14-25(15-12-24)36-16-18-37(19-17-36)32(39)40-33(3,4)5/h6-15,20-21H,16-19H2,1-5H3. The van der Waals surface area contributed by atoms with Crippen LogP contribution in [0.2, 0.25) is 0 Å². The number of aryl methyl sites for hydroxylation is 2. The highest BCUT2D eigenvalue weighted by molar-refractivity contribution is 6.08. The van der Waals surface area contributed by atoms with Crippen molar-refractivity contribution < 1.29 is 9.53 Å². The highest BCUT2D eigenvalue weighted by Gasteiger charge is 2.26. The molecule has 40 heavy (non-hydrogen) atoms. The summed E-state index contributed by atoms with van der Waals surface area (Å²) < 4.78 is 7.61. The second kappa shape index (κ2) is 9.97. The number of nitrogens with zero attached hydrogens (tertiary/aromatic N) is 5. The van der Waals surface area contributed by atoms with Crippen LogP contribution in [0.1, 0.15) is 31.9 Å². The minimum Gasteiger partial charge on any atom is -0.444 e. The molecule has 0 bridgehead atoms. The Morgan fingerprint density at radius 1 is 0.825 bits per heavy atom. The molecular formula is C33H35N5O2. The van der Waals surface area contributed by atoms with Gasteiger partial charge in [-0.15, -0.1) is 0 Å². The number of para-hydroxylation sites is 1. The van der Waals surface area contributed by atoms with Gasteiger partial charge in [0.2, 0.25) is 0 Å². The fourth-order valence-corrected chi connectivity index (χ4v) is 5.29. The van der Waals surface area contributed by atoms with Crippen molar-refractivity contribution in [3.63, 3.8) is 0 Å². The predicted octanol–water partition coefficient (Wildman–Crippen LogP) is 6.91. The van der Waals surface area contributed by atoms with Crippen LogP contribution in [-0.2, 0) is 4.74 Å². The van der Waals surface area contributed by atoms with Crippen LogP contribution in [0.5, 0.6) is 0 Å². The number of ether oxygens (including phenoxy) is 1. The highest BCUT2D eigenvalue weighted by Crippen LogP contribution is 2.35. The number of hydrogen-bond donors (Lipinski definition) is 0. The van der Waals surface area contributed by atoms with Crippen molar-refractivity contribution in [3.05, 3.63) is 84.1 Å². The van der Waals surface area contributed by atoms with E-state index in [4.69, 9.17) is 14.8 Å². The molecule has 5 aromatic rings. The lowest BCUT2D eigenvalue weighted by Gasteiger charge is -2.36. The molecule has 1 aliphatic heterocycles. The van der Waals surface area contributed by atoms with E-state index in [2.05, 4.69) is 78.0 Å². The van der Waals surface area contributed by atoms with Gasteiger partial charge in [0.15, 0.2) is 0 Å². The third kappa shape index (κ3) is 4.88. The molecule has 1 amide bonds. The largest absolute Gasteiger partial charge is 0.444 e. The summed E-state index contributed by atoms with van der Waals surface area (Å²) in [6.07, 6.45) is 1.70. The molecule has 0 spiro atoms. The summed E-state index contributed by atoms with van der Waals surface area (Å²) in [7, 11) is 0. The maximum absolute atomic E-state index is 12.5. The topological polar surface area (TPSA) is 63.5 Å². The highest BCUT2D eigenvalue weighted by atomic mass is 16.6. The van der Waals surface area contributed by atoms with Crippen molar-refractivity contribution in [3.8, 4) is 16.9 Å². The van der Waals surface area contributed by atoms with Crippen molar-refractivity contribution in [2.24, 2.45) is 0 Å². The van der Waals surface area contributed by atoms with Crippen LogP contribution in [0.4, 0.5) is 10.5 Å². The summed E-state index contributed by atoms with van der Waals surface area (Å²) in [5, 5.41) is 7.26. The molecular weight excluding hydrogens is 498 g/mol. The Kier molecular flexibility index (Phi) is 6.45. The number of anilines is 1. The van der Waals surface area contributed by atoms with Crippen LogP contribution >= 0.6 is 0 Å². The molecule has 1 saturated heterocycles. The normalized spacial score (nSPS) is 14.2. The molecule has 3 aromatic carbocycles. The SMILES string of the molecule is Cc1ccc(-n2nc(-c3ccc(N4CCN(C(=O)OC(C)(C)C)CC4)cc3)c3cnc4ccccc4c32)cc1C. The molecule has 0 unspecified atom stereocenters. The number of rotatable bonds is 3. The van der Waals surface area contributed by atoms with Crippen LogP contribution in [0.25, 0.3) is 38.8 Å². The molecule has 0 aliphatic carbocycles. The Labute approximate surface area is 235 Å². The summed E-state index contributed by atoms with van der Waals surface area (Å²) in [4.78, 5) is 21.3. The van der Waals surface area contributed by atoms with Crippen molar-refractivity contribution in [2.75, 3.05) is 31.1 Å². The summed E-state index contributed by atoms with van der Waals surface area (Å²) >= 11 is 0. The van der Waals surface area contributed by atoms with Gasteiger partial charge in [-0.25, -0.2) is 9.48 Å². The van der Waals surface area contributed by atoms with Gasteiger partial charge in [0.1, 0.15) is 11.3 Å². The van der Waals surface area contributed by atoms with Crippen molar-refractivity contribution in [2.45, 2.75) is 40.2 Å². The fraction of sp³-hybridized carbons (Fsp3) is 0.303. The van der Waals surface area contributed by atoms with Gasteiger partial charge in [-0.2, -0.15) is 5.10 Å². The molecule has 0 N–H and O–H groups in total. The van der Waals surface area contributed by atoms with Crippen molar-refractivity contribution >= 4 is 33.6 Å². The quantitative estimate of drug-likeness (QED) is 0.252. The fourth-order valence-electron chi connectivity index (χ4n) is 5.29. The molecule has 0 radical (unpaired) electrons. The van der Waals surface area contributed by atoms with E-state index < -0.39 is 5.60 Å². The van der Waals surface area contributed by atoms with Crippen LogP contribution in [0, 0.1) is 13.8 Å². The molecule has 204 valence electrons. The molecule has 6 rings (SSSR count). The Morgan fingerprint density at radius 3 is 2.23 bits per heavy atom. The van der Waals surface area contributed by atoms with E-state index in [1.807, 2.05) is 39.1 Å². The van der Waals surface area contributed by atoms with Crippen LogP contribution < -0.4 is 4.90 Å². The average molecular weight is 534 g/mol. The number of piperazine rings is 1. The van der Waals surface area contributed by atoms with E-state index in [1.165, 1.54) is 11.1 Å². The minimum absolute atomic E-state index is 0.241. The van der Waals surface area contributed by atoms with Gasteiger partial charge in [-0.3, -0.25) is 4.98 Å². The molecule has 1 fully saturated rings. The molecule has 1 aliphatic rings. The molecule has 3 heterocycles. The lowest BCUT2D eigenvalue weighted by molar-refractivity contribution is 0.0240. The van der Waals surface area contributed by atoms with Gasteiger partial charge in [0, 0.05) is 54.4 Å². The Morgan fingerprint density at radius 2 is 1.52 bits per heavy atom. The predicted molar refractivity (Wildman–Crippen MR) is 161 cm³/mol. The molecule has 7 heteroatoms. The van der Waals surface area contributed by atoms with E-state index >= 15 is 0 Å². The monoisotopic (exact) mass is 533 g/mol. The summed E-state index contributed by atoms with van der Waals surface area (Å²) in [6, 6.07) is 23.3. The first kappa shape index (κ1) is 25.9. The number of benzene rings is 3. The number of aromatic nitrogens is 3. The molecule has 7 nitrogen and oxygen atoms in total. The number of amides is 1. The zero-order valence-electron chi connectivity index (χ0n) is 23.8. The first-order valence-corrected chi connectivity index (χ1v) is 13.9. The maximum atomic E-state index is 12.5. The average Bonchev–Trinajstić information content (AvgIpc) is 3.34. The molecule has 2 aromatic heterocycles. The molecule has 0 atom stereocenters. The second-order valence-electron chi connectivity index (χ2n) is 11.6.